The van der Waals surface area contributed by atoms with E-state index in [9.17, 15) is 4.79 Å². The molecule has 98 valence electrons. The molecule has 0 aliphatic rings. The van der Waals surface area contributed by atoms with Crippen LogP contribution in [0.3, 0.4) is 0 Å². The average Bonchev–Trinajstić information content (AvgIpc) is 2.38. The third-order valence-electron chi connectivity index (χ3n) is 2.79. The lowest BCUT2D eigenvalue weighted by molar-refractivity contribution is -0.131. The minimum absolute atomic E-state index is 0.0586. The van der Waals surface area contributed by atoms with E-state index in [1.807, 2.05) is 43.3 Å². The number of aliphatic carboxylic acids is 1. The average molecular weight is 256 g/mol. The molecule has 0 amide bonds. The minimum Gasteiger partial charge on any atom is -0.490 e. The zero-order valence-electron chi connectivity index (χ0n) is 10.7. The third kappa shape index (κ3) is 3.85. The van der Waals surface area contributed by atoms with Crippen molar-refractivity contribution in [1.29, 1.82) is 0 Å². The largest absolute Gasteiger partial charge is 0.490 e. The van der Waals surface area contributed by atoms with Gasteiger partial charge in [0.25, 0.3) is 0 Å². The molecule has 0 aliphatic carbocycles. The second-order valence-electron chi connectivity index (χ2n) is 4.41. The predicted molar refractivity (Wildman–Crippen MR) is 75.4 cm³/mol. The predicted octanol–water partition coefficient (Wildman–Crippen LogP) is 3.64. The van der Waals surface area contributed by atoms with Gasteiger partial charge in [-0.05, 0) is 29.8 Å². The van der Waals surface area contributed by atoms with Crippen molar-refractivity contribution in [2.75, 3.05) is 0 Å². The van der Waals surface area contributed by atoms with E-state index in [4.69, 9.17) is 9.84 Å². The molecule has 0 saturated heterocycles. The van der Waals surface area contributed by atoms with Crippen LogP contribution >= 0.6 is 0 Å². The molecule has 0 radical (unpaired) electrons. The molecular weight excluding hydrogens is 240 g/mol. The highest BCUT2D eigenvalue weighted by molar-refractivity contribution is 5.83. The number of carboxylic acids is 1. The van der Waals surface area contributed by atoms with E-state index in [0.29, 0.717) is 6.42 Å². The Kier molecular flexibility index (Phi) is 4.18. The van der Waals surface area contributed by atoms with Gasteiger partial charge in [0.05, 0.1) is 6.10 Å². The summed E-state index contributed by atoms with van der Waals surface area (Å²) in [7, 11) is 0. The fourth-order valence-electron chi connectivity index (χ4n) is 1.88. The summed E-state index contributed by atoms with van der Waals surface area (Å²) in [5, 5.41) is 10.8. The van der Waals surface area contributed by atoms with Gasteiger partial charge in [0, 0.05) is 12.5 Å². The topological polar surface area (TPSA) is 46.5 Å². The number of carbonyl (C=O) groups is 1. The van der Waals surface area contributed by atoms with Crippen molar-refractivity contribution in [3.8, 4) is 5.75 Å². The summed E-state index contributed by atoms with van der Waals surface area (Å²) in [5.41, 5.74) is 0. The smallest absolute Gasteiger partial charge is 0.327 e. The molecule has 19 heavy (non-hydrogen) atoms. The molecule has 0 saturated carbocycles. The molecule has 2 aromatic carbocycles. The van der Waals surface area contributed by atoms with Crippen LogP contribution in [0.1, 0.15) is 13.3 Å². The van der Waals surface area contributed by atoms with Crippen LogP contribution in [0.25, 0.3) is 10.8 Å². The Hall–Kier alpha value is -2.29. The maximum absolute atomic E-state index is 10.4. The van der Waals surface area contributed by atoms with Gasteiger partial charge in [-0.15, -0.1) is 0 Å². The van der Waals surface area contributed by atoms with E-state index in [1.54, 1.807) is 6.08 Å². The van der Waals surface area contributed by atoms with Gasteiger partial charge in [0.15, 0.2) is 0 Å². The van der Waals surface area contributed by atoms with Crippen LogP contribution in [-0.4, -0.2) is 17.2 Å². The lowest BCUT2D eigenvalue weighted by Gasteiger charge is -2.13. The summed E-state index contributed by atoms with van der Waals surface area (Å²) >= 11 is 0. The van der Waals surface area contributed by atoms with Crippen molar-refractivity contribution in [3.63, 3.8) is 0 Å². The lowest BCUT2D eigenvalue weighted by atomic mass is 10.1. The van der Waals surface area contributed by atoms with Gasteiger partial charge < -0.3 is 9.84 Å². The summed E-state index contributed by atoms with van der Waals surface area (Å²) in [6.07, 6.45) is 3.25. The normalized spacial score (nSPS) is 12.7. The molecule has 3 nitrogen and oxygen atoms in total. The zero-order chi connectivity index (χ0) is 13.7. The second kappa shape index (κ2) is 6.05. The highest BCUT2D eigenvalue weighted by atomic mass is 16.5. The van der Waals surface area contributed by atoms with Crippen LogP contribution in [0.15, 0.2) is 54.6 Å². The monoisotopic (exact) mass is 256 g/mol. The molecule has 0 spiro atoms. The number of fused-ring (bicyclic) bond motifs is 1. The van der Waals surface area contributed by atoms with Crippen molar-refractivity contribution in [2.24, 2.45) is 0 Å². The van der Waals surface area contributed by atoms with Gasteiger partial charge in [0.1, 0.15) is 5.75 Å². The summed E-state index contributed by atoms with van der Waals surface area (Å²) in [5.74, 6) is -0.132. The first kappa shape index (κ1) is 13.1. The van der Waals surface area contributed by atoms with E-state index in [2.05, 4.69) is 6.07 Å². The SMILES string of the molecule is CC(C/C=C/C(=O)O)Oc1ccc2ccccc2c1. The van der Waals surface area contributed by atoms with Gasteiger partial charge in [0.2, 0.25) is 0 Å². The third-order valence-corrected chi connectivity index (χ3v) is 2.79. The maximum atomic E-state index is 10.4. The van der Waals surface area contributed by atoms with Gasteiger partial charge in [-0.3, -0.25) is 0 Å². The summed E-state index contributed by atoms with van der Waals surface area (Å²) in [4.78, 5) is 10.4. The van der Waals surface area contributed by atoms with Crippen molar-refractivity contribution in [1.82, 2.24) is 0 Å². The Balaban J connectivity index is 2.02. The summed E-state index contributed by atoms with van der Waals surface area (Å²) in [6, 6.07) is 14.0. The molecule has 1 atom stereocenters. The van der Waals surface area contributed by atoms with Crippen molar-refractivity contribution >= 4 is 16.7 Å². The quantitative estimate of drug-likeness (QED) is 0.831. The highest BCUT2D eigenvalue weighted by Gasteiger charge is 2.03. The molecule has 0 aliphatic heterocycles. The van der Waals surface area contributed by atoms with Crippen LogP contribution in [-0.2, 0) is 4.79 Å². The number of hydrogen-bond donors (Lipinski definition) is 1. The molecule has 3 heteroatoms. The molecule has 0 aromatic heterocycles. The first-order valence-corrected chi connectivity index (χ1v) is 6.20. The standard InChI is InChI=1S/C16H16O3/c1-12(5-4-8-16(17)18)19-15-10-9-13-6-2-3-7-14(13)11-15/h2-4,6-12H,5H2,1H3,(H,17,18)/b8-4+. The Morgan fingerprint density at radius 3 is 2.74 bits per heavy atom. The van der Waals surface area contributed by atoms with Crippen LogP contribution < -0.4 is 4.74 Å². The van der Waals surface area contributed by atoms with Gasteiger partial charge in [-0.25, -0.2) is 4.79 Å². The lowest BCUT2D eigenvalue weighted by Crippen LogP contribution is -2.10. The van der Waals surface area contributed by atoms with Crippen LogP contribution in [0.4, 0.5) is 0 Å². The molecule has 0 bridgehead atoms. The van der Waals surface area contributed by atoms with Crippen molar-refractivity contribution < 1.29 is 14.6 Å². The number of ether oxygens (including phenoxy) is 1. The Bertz CT molecular complexity index is 602. The number of benzene rings is 2. The maximum Gasteiger partial charge on any atom is 0.327 e. The fourth-order valence-corrected chi connectivity index (χ4v) is 1.88. The molecule has 0 heterocycles. The Morgan fingerprint density at radius 2 is 2.00 bits per heavy atom. The minimum atomic E-state index is -0.932. The number of carboxylic acid groups (broad SMARTS) is 1. The van der Waals surface area contributed by atoms with Gasteiger partial charge in [-0.1, -0.05) is 36.4 Å². The molecule has 0 fully saturated rings. The summed E-state index contributed by atoms with van der Waals surface area (Å²) < 4.78 is 5.76. The van der Waals surface area contributed by atoms with Gasteiger partial charge in [-0.2, -0.15) is 0 Å². The zero-order valence-corrected chi connectivity index (χ0v) is 10.7. The van der Waals surface area contributed by atoms with Crippen LogP contribution in [0.2, 0.25) is 0 Å². The molecule has 1 N–H and O–H groups in total. The molecule has 2 rings (SSSR count). The van der Waals surface area contributed by atoms with Gasteiger partial charge >= 0.3 is 5.97 Å². The van der Waals surface area contributed by atoms with Crippen molar-refractivity contribution in [3.05, 3.63) is 54.6 Å². The Morgan fingerprint density at radius 1 is 1.26 bits per heavy atom. The molecule has 2 aromatic rings. The molecule has 1 unspecified atom stereocenters. The van der Waals surface area contributed by atoms with Crippen LogP contribution in [0, 0.1) is 0 Å². The highest BCUT2D eigenvalue weighted by Crippen LogP contribution is 2.21. The van der Waals surface area contributed by atoms with E-state index >= 15 is 0 Å². The van der Waals surface area contributed by atoms with E-state index in [1.165, 1.54) is 5.39 Å². The van der Waals surface area contributed by atoms with Crippen LogP contribution in [0.5, 0.6) is 5.75 Å². The Labute approximate surface area is 112 Å². The first-order valence-electron chi connectivity index (χ1n) is 6.20. The van der Waals surface area contributed by atoms with E-state index in [0.717, 1.165) is 17.2 Å². The van der Waals surface area contributed by atoms with E-state index < -0.39 is 5.97 Å². The number of rotatable bonds is 5. The van der Waals surface area contributed by atoms with Crippen molar-refractivity contribution in [2.45, 2.75) is 19.4 Å². The first-order chi connectivity index (χ1) is 9.15. The molecular formula is C16H16O3. The fraction of sp³-hybridized carbons (Fsp3) is 0.188. The number of hydrogen-bond acceptors (Lipinski definition) is 2. The van der Waals surface area contributed by atoms with E-state index in [-0.39, 0.29) is 6.10 Å². The summed E-state index contributed by atoms with van der Waals surface area (Å²) in [6.45, 7) is 1.92. The second-order valence-corrected chi connectivity index (χ2v) is 4.41.